The van der Waals surface area contributed by atoms with Crippen LogP contribution in [0.15, 0.2) is 18.2 Å². The van der Waals surface area contributed by atoms with Crippen molar-refractivity contribution in [2.75, 3.05) is 0 Å². The van der Waals surface area contributed by atoms with E-state index in [0.29, 0.717) is 0 Å². The molecule has 1 aromatic rings. The van der Waals surface area contributed by atoms with Crippen LogP contribution in [0.5, 0.6) is 0 Å². The van der Waals surface area contributed by atoms with Gasteiger partial charge in [0, 0.05) is 11.1 Å². The van der Waals surface area contributed by atoms with Crippen molar-refractivity contribution in [3.63, 3.8) is 0 Å². The predicted molar refractivity (Wildman–Crippen MR) is 39.9 cm³/mol. The molecule has 1 N–H and O–H groups in total. The van der Waals surface area contributed by atoms with Crippen LogP contribution in [0.1, 0.15) is 11.1 Å². The largest absolute Gasteiger partial charge is 0.502 e. The molecule has 2 heteroatoms. The van der Waals surface area contributed by atoms with Crippen LogP contribution in [0.2, 0.25) is 0 Å². The van der Waals surface area contributed by atoms with Gasteiger partial charge < -0.3 is 5.53 Å². The van der Waals surface area contributed by atoms with E-state index in [9.17, 15) is 0 Å². The summed E-state index contributed by atoms with van der Waals surface area (Å²) in [7, 11) is 0. The predicted octanol–water partition coefficient (Wildman–Crippen LogP) is 1.04. The van der Waals surface area contributed by atoms with E-state index in [2.05, 4.69) is 5.11 Å². The van der Waals surface area contributed by atoms with Gasteiger partial charge in [0.1, 0.15) is 0 Å². The molecule has 0 aliphatic carbocycles. The molecule has 0 atom stereocenters. The normalized spacial score (nSPS) is 9.40. The smallest absolute Gasteiger partial charge is 0.198 e. The zero-order chi connectivity index (χ0) is 7.56. The molecular weight excluding hydrogens is 124 g/mol. The van der Waals surface area contributed by atoms with Crippen LogP contribution in [0.25, 0.3) is 5.53 Å². The Bertz CT molecular complexity index is 233. The summed E-state index contributed by atoms with van der Waals surface area (Å²) in [6.45, 7) is 3.90. The van der Waals surface area contributed by atoms with E-state index in [1.807, 2.05) is 32.0 Å². The summed E-state index contributed by atoms with van der Waals surface area (Å²) in [6.07, 6.45) is 0. The maximum Gasteiger partial charge on any atom is 0.198 e. The summed E-state index contributed by atoms with van der Waals surface area (Å²) in [5.41, 5.74) is 11.6. The Labute approximate surface area is 60.4 Å². The van der Waals surface area contributed by atoms with Crippen molar-refractivity contribution in [2.45, 2.75) is 13.8 Å². The molecule has 1 aromatic carbocycles. The summed E-state index contributed by atoms with van der Waals surface area (Å²) in [5, 5.41) is 2.16. The minimum Gasteiger partial charge on any atom is -0.502 e. The SMILES string of the molecule is Cc1cccc(C)c1[NH+]=[N-]. The molecule has 0 radical (unpaired) electrons. The van der Waals surface area contributed by atoms with Gasteiger partial charge in [0.15, 0.2) is 5.69 Å². The van der Waals surface area contributed by atoms with Crippen molar-refractivity contribution in [1.29, 1.82) is 0 Å². The molecule has 0 aliphatic rings. The van der Waals surface area contributed by atoms with Crippen molar-refractivity contribution in [1.82, 2.24) is 0 Å². The van der Waals surface area contributed by atoms with E-state index in [1.165, 1.54) is 0 Å². The van der Waals surface area contributed by atoms with Crippen LogP contribution in [0, 0.1) is 13.8 Å². The van der Waals surface area contributed by atoms with Crippen molar-refractivity contribution < 1.29 is 5.11 Å². The summed E-state index contributed by atoms with van der Waals surface area (Å²) < 4.78 is 0. The van der Waals surface area contributed by atoms with E-state index in [0.717, 1.165) is 16.8 Å². The highest BCUT2D eigenvalue weighted by Gasteiger charge is 2.00. The van der Waals surface area contributed by atoms with Crippen LogP contribution < -0.4 is 5.11 Å². The molecule has 1 rings (SSSR count). The van der Waals surface area contributed by atoms with Crippen LogP contribution >= 0.6 is 0 Å². The van der Waals surface area contributed by atoms with E-state index in [1.54, 1.807) is 0 Å². The molecule has 0 aromatic heterocycles. The third kappa shape index (κ3) is 1.05. The number of hydrogen-bond donors (Lipinski definition) is 1. The average molecular weight is 134 g/mol. The molecular formula is C8H10N2. The maximum atomic E-state index is 8.65. The molecule has 0 aliphatic heterocycles. The number of nitrogens with one attached hydrogen (secondary N) is 1. The van der Waals surface area contributed by atoms with Gasteiger partial charge in [-0.1, -0.05) is 18.2 Å². The Morgan fingerprint density at radius 1 is 1.20 bits per heavy atom. The molecule has 0 saturated heterocycles. The van der Waals surface area contributed by atoms with Gasteiger partial charge in [-0.25, -0.2) is 0 Å². The van der Waals surface area contributed by atoms with Gasteiger partial charge in [-0.3, -0.25) is 5.11 Å². The fourth-order valence-electron chi connectivity index (χ4n) is 0.991. The number of aryl methyl sites for hydroxylation is 2. The number of para-hydroxylation sites is 1. The molecule has 52 valence electrons. The second-order valence-electron chi connectivity index (χ2n) is 2.38. The molecule has 0 saturated carbocycles. The van der Waals surface area contributed by atoms with Gasteiger partial charge in [0.05, 0.1) is 0 Å². The van der Waals surface area contributed by atoms with E-state index in [4.69, 9.17) is 5.53 Å². The van der Waals surface area contributed by atoms with Gasteiger partial charge in [-0.05, 0) is 13.8 Å². The van der Waals surface area contributed by atoms with Crippen molar-refractivity contribution in [2.24, 2.45) is 0 Å². The first-order chi connectivity index (χ1) is 4.75. The number of nitrogens with zero attached hydrogens (tertiary/aromatic N) is 1. The number of rotatable bonds is 1. The highest BCUT2D eigenvalue weighted by molar-refractivity contribution is 5.44. The summed E-state index contributed by atoms with van der Waals surface area (Å²) in [5.74, 6) is 0. The van der Waals surface area contributed by atoms with Gasteiger partial charge in [-0.15, -0.1) is 0 Å². The molecule has 0 amide bonds. The van der Waals surface area contributed by atoms with E-state index < -0.39 is 0 Å². The van der Waals surface area contributed by atoms with Crippen LogP contribution in [0.3, 0.4) is 0 Å². The van der Waals surface area contributed by atoms with Crippen LogP contribution in [0.4, 0.5) is 5.69 Å². The zero-order valence-corrected chi connectivity index (χ0v) is 6.18. The number of hydrogen-bond acceptors (Lipinski definition) is 0. The first-order valence-corrected chi connectivity index (χ1v) is 3.22. The van der Waals surface area contributed by atoms with Crippen molar-refractivity contribution in [3.8, 4) is 0 Å². The summed E-state index contributed by atoms with van der Waals surface area (Å²) in [4.78, 5) is 0. The monoisotopic (exact) mass is 134 g/mol. The van der Waals surface area contributed by atoms with Crippen LogP contribution in [-0.2, 0) is 0 Å². The second-order valence-corrected chi connectivity index (χ2v) is 2.38. The lowest BCUT2D eigenvalue weighted by Gasteiger charge is -1.97. The zero-order valence-electron chi connectivity index (χ0n) is 6.18. The minimum absolute atomic E-state index is 0.808. The topological polar surface area (TPSA) is 36.3 Å². The van der Waals surface area contributed by atoms with Crippen molar-refractivity contribution >= 4 is 5.69 Å². The highest BCUT2D eigenvalue weighted by atomic mass is 15.0. The molecule has 0 spiro atoms. The fourth-order valence-corrected chi connectivity index (χ4v) is 0.991. The lowest BCUT2D eigenvalue weighted by Crippen LogP contribution is -2.55. The Morgan fingerprint density at radius 2 is 1.70 bits per heavy atom. The summed E-state index contributed by atoms with van der Waals surface area (Å²) in [6, 6.07) is 5.86. The summed E-state index contributed by atoms with van der Waals surface area (Å²) >= 11 is 0. The Kier molecular flexibility index (Phi) is 1.81. The Balaban J connectivity index is 3.30. The minimum atomic E-state index is 0.808. The third-order valence-electron chi connectivity index (χ3n) is 1.59. The standard InChI is InChI=1S/C8H10N2/c1-6-4-3-5-7(2)8(6)10-9/h3-5,10H,1-2H3. The molecule has 0 bridgehead atoms. The lowest BCUT2D eigenvalue weighted by atomic mass is 10.1. The van der Waals surface area contributed by atoms with Gasteiger partial charge in [0.2, 0.25) is 0 Å². The first-order valence-electron chi connectivity index (χ1n) is 3.22. The molecule has 0 fully saturated rings. The van der Waals surface area contributed by atoms with Crippen molar-refractivity contribution in [3.05, 3.63) is 34.9 Å². The maximum absolute atomic E-state index is 8.65. The lowest BCUT2D eigenvalue weighted by molar-refractivity contribution is -0.381. The molecule has 0 unspecified atom stereocenters. The van der Waals surface area contributed by atoms with Gasteiger partial charge in [0.25, 0.3) is 0 Å². The van der Waals surface area contributed by atoms with E-state index in [-0.39, 0.29) is 0 Å². The molecule has 0 heterocycles. The average Bonchev–Trinajstić information content (AvgIpc) is 1.88. The van der Waals surface area contributed by atoms with Crippen LogP contribution in [-0.4, -0.2) is 0 Å². The van der Waals surface area contributed by atoms with Gasteiger partial charge >= 0.3 is 0 Å². The fraction of sp³-hybridized carbons (Fsp3) is 0.250. The Hall–Kier alpha value is -1.18. The third-order valence-corrected chi connectivity index (χ3v) is 1.59. The quantitative estimate of drug-likeness (QED) is 0.557. The highest BCUT2D eigenvalue weighted by Crippen LogP contribution is 2.12. The number of benzene rings is 1. The molecule has 2 nitrogen and oxygen atoms in total. The van der Waals surface area contributed by atoms with E-state index >= 15 is 0 Å². The molecule has 10 heavy (non-hydrogen) atoms. The second kappa shape index (κ2) is 2.60. The first kappa shape index (κ1) is 6.93. The van der Waals surface area contributed by atoms with Gasteiger partial charge in [-0.2, -0.15) is 0 Å². The Morgan fingerprint density at radius 3 is 2.00 bits per heavy atom.